The highest BCUT2D eigenvalue weighted by atomic mass is 35.5. The lowest BCUT2D eigenvalue weighted by molar-refractivity contribution is -0.417. The lowest BCUT2D eigenvalue weighted by Crippen LogP contribution is -2.36. The first kappa shape index (κ1) is 13.8. The molecule has 94 valence electrons. The molecule has 8 heteroatoms. The Hall–Kier alpha value is -1.31. The first-order chi connectivity index (χ1) is 7.93. The Balaban J connectivity index is 3.01. The van der Waals surface area contributed by atoms with Crippen LogP contribution in [0.25, 0.3) is 0 Å². The van der Waals surface area contributed by atoms with Crippen molar-refractivity contribution in [2.45, 2.75) is 12.6 Å². The van der Waals surface area contributed by atoms with E-state index in [0.29, 0.717) is 13.0 Å². The molecule has 1 rings (SSSR count). The molecule has 0 aromatic rings. The predicted octanol–water partition coefficient (Wildman–Crippen LogP) is 1.12. The van der Waals surface area contributed by atoms with Crippen LogP contribution in [0, 0.1) is 16.0 Å². The quantitative estimate of drug-likeness (QED) is 0.344. The second-order valence-corrected chi connectivity index (χ2v) is 3.94. The zero-order valence-corrected chi connectivity index (χ0v) is 9.65. The molecular weight excluding hydrogens is 251 g/mol. The van der Waals surface area contributed by atoms with Crippen molar-refractivity contribution in [1.82, 2.24) is 5.32 Å². The first-order valence-electron chi connectivity index (χ1n) is 4.85. The Morgan fingerprint density at radius 3 is 2.82 bits per heavy atom. The van der Waals surface area contributed by atoms with Crippen molar-refractivity contribution in [1.29, 1.82) is 0 Å². The number of nitrogens with zero attached hydrogens (tertiary/aromatic N) is 2. The van der Waals surface area contributed by atoms with E-state index in [0.717, 1.165) is 6.21 Å². The number of halogens is 2. The molecule has 1 heterocycles. The summed E-state index contributed by atoms with van der Waals surface area (Å²) in [6.07, 6.45) is 0.521. The van der Waals surface area contributed by atoms with Gasteiger partial charge in [-0.3, -0.25) is 10.1 Å². The van der Waals surface area contributed by atoms with Crippen molar-refractivity contribution in [3.63, 3.8) is 0 Å². The summed E-state index contributed by atoms with van der Waals surface area (Å²) in [7, 11) is 0. The number of aliphatic imine (C=N–C) groups is 1. The number of hydrogen-bond acceptors (Lipinski definition) is 5. The zero-order chi connectivity index (χ0) is 13.0. The molecule has 0 saturated carbocycles. The molecule has 1 aliphatic heterocycles. The number of nitro groups is 1. The third-order valence-electron chi connectivity index (χ3n) is 2.36. The van der Waals surface area contributed by atoms with E-state index < -0.39 is 28.5 Å². The van der Waals surface area contributed by atoms with Gasteiger partial charge in [0.1, 0.15) is 11.4 Å². The molecule has 0 aliphatic carbocycles. The van der Waals surface area contributed by atoms with Crippen LogP contribution in [0.15, 0.2) is 28.3 Å². The monoisotopic (exact) mass is 262 g/mol. The normalized spacial score (nSPS) is 26.1. The number of hydrogen-bond donors (Lipinski definition) is 2. The summed E-state index contributed by atoms with van der Waals surface area (Å²) in [5.41, 5.74) is 4.84. The van der Waals surface area contributed by atoms with Gasteiger partial charge in [-0.25, -0.2) is 9.38 Å². The van der Waals surface area contributed by atoms with Gasteiger partial charge in [0.05, 0.1) is 11.1 Å². The lowest BCUT2D eigenvalue weighted by atomic mass is 10.0. The number of nitrogens with two attached hydrogens (primary N) is 1. The van der Waals surface area contributed by atoms with Crippen molar-refractivity contribution in [2.75, 3.05) is 6.54 Å². The van der Waals surface area contributed by atoms with Crippen molar-refractivity contribution >= 4 is 17.8 Å². The molecule has 1 fully saturated rings. The van der Waals surface area contributed by atoms with Gasteiger partial charge >= 0.3 is 5.70 Å². The number of allylic oxidation sites excluding steroid dienone is 1. The summed E-state index contributed by atoms with van der Waals surface area (Å²) >= 11 is 5.32. The third-order valence-corrected chi connectivity index (χ3v) is 2.46. The molecule has 0 aromatic heterocycles. The van der Waals surface area contributed by atoms with Gasteiger partial charge in [0, 0.05) is 5.92 Å². The van der Waals surface area contributed by atoms with Crippen LogP contribution in [0.3, 0.4) is 0 Å². The van der Waals surface area contributed by atoms with Crippen LogP contribution in [0.4, 0.5) is 4.39 Å². The standard InChI is InChI=1S/C9H12ClFN4O2/c1-5(10)14-4-7(15(16)17)8(11)6-2-3-13-9(6)12/h4,6,9,13H,1-3,12H2/b8-7+,14-4?. The smallest absolute Gasteiger partial charge is 0.315 e. The minimum absolute atomic E-state index is 0.161. The summed E-state index contributed by atoms with van der Waals surface area (Å²) < 4.78 is 13.9. The fraction of sp³-hybridized carbons (Fsp3) is 0.444. The molecule has 1 saturated heterocycles. The van der Waals surface area contributed by atoms with Crippen LogP contribution in [0.2, 0.25) is 0 Å². The molecule has 6 nitrogen and oxygen atoms in total. The van der Waals surface area contributed by atoms with E-state index in [1.165, 1.54) is 0 Å². The summed E-state index contributed by atoms with van der Waals surface area (Å²) in [6, 6.07) is 0. The van der Waals surface area contributed by atoms with E-state index in [1.807, 2.05) is 0 Å². The van der Waals surface area contributed by atoms with Crippen LogP contribution in [0.5, 0.6) is 0 Å². The highest BCUT2D eigenvalue weighted by Gasteiger charge is 2.33. The van der Waals surface area contributed by atoms with Crippen LogP contribution < -0.4 is 11.1 Å². The minimum atomic E-state index is -0.894. The third kappa shape index (κ3) is 3.58. The van der Waals surface area contributed by atoms with Gasteiger partial charge in [0.15, 0.2) is 5.83 Å². The summed E-state index contributed by atoms with van der Waals surface area (Å²) in [5, 5.41) is 13.3. The second-order valence-electron chi connectivity index (χ2n) is 3.50. The van der Waals surface area contributed by atoms with Gasteiger partial charge in [-0.1, -0.05) is 18.2 Å². The molecule has 0 aromatic carbocycles. The minimum Gasteiger partial charge on any atom is -0.315 e. The van der Waals surface area contributed by atoms with Crippen molar-refractivity contribution < 1.29 is 9.31 Å². The van der Waals surface area contributed by atoms with E-state index in [-0.39, 0.29) is 5.16 Å². The van der Waals surface area contributed by atoms with Gasteiger partial charge in [-0.05, 0) is 13.0 Å². The van der Waals surface area contributed by atoms with E-state index in [2.05, 4.69) is 16.9 Å². The lowest BCUT2D eigenvalue weighted by Gasteiger charge is -2.11. The molecule has 0 amide bonds. The molecule has 2 atom stereocenters. The van der Waals surface area contributed by atoms with Crippen LogP contribution in [0.1, 0.15) is 6.42 Å². The van der Waals surface area contributed by atoms with Gasteiger partial charge < -0.3 is 11.1 Å². The molecule has 17 heavy (non-hydrogen) atoms. The molecule has 0 radical (unpaired) electrons. The summed E-state index contributed by atoms with van der Waals surface area (Å²) in [4.78, 5) is 13.3. The summed E-state index contributed by atoms with van der Waals surface area (Å²) in [6.45, 7) is 3.74. The Kier molecular flexibility index (Phi) is 4.73. The Bertz CT molecular complexity index is 396. The molecule has 2 unspecified atom stereocenters. The van der Waals surface area contributed by atoms with Crippen molar-refractivity contribution in [2.24, 2.45) is 16.6 Å². The largest absolute Gasteiger partial charge is 0.319 e. The fourth-order valence-corrected chi connectivity index (χ4v) is 1.58. The maximum Gasteiger partial charge on any atom is 0.319 e. The van der Waals surface area contributed by atoms with Crippen molar-refractivity contribution in [3.8, 4) is 0 Å². The summed E-state index contributed by atoms with van der Waals surface area (Å²) in [5.74, 6) is -1.61. The molecule has 0 spiro atoms. The predicted molar refractivity (Wildman–Crippen MR) is 62.7 cm³/mol. The SMILES string of the molecule is C=C(Cl)N=C/C(=C(\F)C1CCNC1N)[N+](=O)[O-]. The first-order valence-corrected chi connectivity index (χ1v) is 5.22. The van der Waals surface area contributed by atoms with Gasteiger partial charge in [0.25, 0.3) is 0 Å². The van der Waals surface area contributed by atoms with E-state index in [9.17, 15) is 14.5 Å². The van der Waals surface area contributed by atoms with Crippen LogP contribution in [-0.4, -0.2) is 23.8 Å². The van der Waals surface area contributed by atoms with Gasteiger partial charge in [0.2, 0.25) is 0 Å². The molecule has 0 bridgehead atoms. The Labute approximate surface area is 102 Å². The van der Waals surface area contributed by atoms with Gasteiger partial charge in [-0.2, -0.15) is 0 Å². The molecule has 1 aliphatic rings. The average Bonchev–Trinajstić information content (AvgIpc) is 2.63. The molecule has 3 N–H and O–H groups in total. The van der Waals surface area contributed by atoms with Gasteiger partial charge in [-0.15, -0.1) is 0 Å². The highest BCUT2D eigenvalue weighted by molar-refractivity contribution is 6.29. The fourth-order valence-electron chi connectivity index (χ4n) is 1.53. The maximum atomic E-state index is 13.9. The van der Waals surface area contributed by atoms with E-state index in [1.54, 1.807) is 0 Å². The maximum absolute atomic E-state index is 13.9. The highest BCUT2D eigenvalue weighted by Crippen LogP contribution is 2.25. The van der Waals surface area contributed by atoms with Crippen LogP contribution >= 0.6 is 11.6 Å². The van der Waals surface area contributed by atoms with E-state index >= 15 is 0 Å². The van der Waals surface area contributed by atoms with Crippen LogP contribution in [-0.2, 0) is 0 Å². The van der Waals surface area contributed by atoms with E-state index in [4.69, 9.17) is 17.3 Å². The molecular formula is C9H12ClFN4O2. The topological polar surface area (TPSA) is 93.5 Å². The zero-order valence-electron chi connectivity index (χ0n) is 8.90. The average molecular weight is 263 g/mol. The Morgan fingerprint density at radius 1 is 1.76 bits per heavy atom. The number of rotatable bonds is 4. The van der Waals surface area contributed by atoms with Crippen molar-refractivity contribution in [3.05, 3.63) is 33.4 Å². The second kappa shape index (κ2) is 5.85. The number of nitrogens with one attached hydrogen (secondary N) is 1. The Morgan fingerprint density at radius 2 is 2.41 bits per heavy atom.